The van der Waals surface area contributed by atoms with E-state index in [9.17, 15) is 4.79 Å². The lowest BCUT2D eigenvalue weighted by Gasteiger charge is -2.33. The van der Waals surface area contributed by atoms with Gasteiger partial charge in [-0.2, -0.15) is 0 Å². The van der Waals surface area contributed by atoms with Gasteiger partial charge < -0.3 is 14.2 Å². The average molecular weight is 375 g/mol. The number of para-hydroxylation sites is 3. The Kier molecular flexibility index (Phi) is 4.51. The number of nitrogens with zero attached hydrogens (tertiary/aromatic N) is 3. The lowest BCUT2D eigenvalue weighted by molar-refractivity contribution is -0.133. The highest BCUT2D eigenvalue weighted by Gasteiger charge is 2.35. The third kappa shape index (κ3) is 3.37. The topological polar surface area (TPSA) is 47.4 Å². The first-order valence-corrected chi connectivity index (χ1v) is 10.2. The molecule has 2 heterocycles. The van der Waals surface area contributed by atoms with Crippen molar-refractivity contribution in [3.63, 3.8) is 0 Å². The SMILES string of the molecule is O=C(C1CC1)N1CCC(n2c(COc3ccccc3)nc3ccccc32)CC1. The number of imidazole rings is 1. The maximum atomic E-state index is 12.4. The fourth-order valence-electron chi connectivity index (χ4n) is 4.20. The van der Waals surface area contributed by atoms with Gasteiger partial charge in [0.15, 0.2) is 0 Å². The Morgan fingerprint density at radius 1 is 0.964 bits per heavy atom. The summed E-state index contributed by atoms with van der Waals surface area (Å²) < 4.78 is 8.35. The van der Waals surface area contributed by atoms with Crippen LogP contribution >= 0.6 is 0 Å². The average Bonchev–Trinajstić information content (AvgIpc) is 3.53. The van der Waals surface area contributed by atoms with Gasteiger partial charge >= 0.3 is 0 Å². The van der Waals surface area contributed by atoms with Crippen LogP contribution in [0.25, 0.3) is 11.0 Å². The number of likely N-dealkylation sites (tertiary alicyclic amines) is 1. The number of fused-ring (bicyclic) bond motifs is 1. The van der Waals surface area contributed by atoms with Crippen LogP contribution in [0.5, 0.6) is 5.75 Å². The number of amides is 1. The van der Waals surface area contributed by atoms with Gasteiger partial charge in [0, 0.05) is 25.0 Å². The second-order valence-electron chi connectivity index (χ2n) is 7.82. The largest absolute Gasteiger partial charge is 0.486 e. The highest BCUT2D eigenvalue weighted by Crippen LogP contribution is 2.34. The van der Waals surface area contributed by atoms with Crippen LogP contribution in [0.1, 0.15) is 37.5 Å². The van der Waals surface area contributed by atoms with E-state index in [0.717, 1.165) is 61.4 Å². The second-order valence-corrected chi connectivity index (χ2v) is 7.82. The predicted molar refractivity (Wildman–Crippen MR) is 108 cm³/mol. The number of rotatable bonds is 5. The van der Waals surface area contributed by atoms with Gasteiger partial charge in [-0.05, 0) is 49.9 Å². The van der Waals surface area contributed by atoms with Crippen molar-refractivity contribution in [3.05, 3.63) is 60.4 Å². The van der Waals surface area contributed by atoms with Gasteiger partial charge in [-0.1, -0.05) is 30.3 Å². The first-order valence-electron chi connectivity index (χ1n) is 10.2. The van der Waals surface area contributed by atoms with Crippen molar-refractivity contribution < 1.29 is 9.53 Å². The van der Waals surface area contributed by atoms with Crippen LogP contribution in [0.15, 0.2) is 54.6 Å². The Balaban J connectivity index is 1.37. The summed E-state index contributed by atoms with van der Waals surface area (Å²) in [6.45, 7) is 2.12. The molecule has 0 bridgehead atoms. The molecular weight excluding hydrogens is 350 g/mol. The van der Waals surface area contributed by atoms with E-state index in [0.29, 0.717) is 24.5 Å². The van der Waals surface area contributed by atoms with E-state index < -0.39 is 0 Å². The number of benzene rings is 2. The Morgan fingerprint density at radius 2 is 1.68 bits per heavy atom. The van der Waals surface area contributed by atoms with Gasteiger partial charge in [-0.15, -0.1) is 0 Å². The van der Waals surface area contributed by atoms with Crippen LogP contribution in [0.3, 0.4) is 0 Å². The molecule has 144 valence electrons. The second kappa shape index (κ2) is 7.30. The minimum atomic E-state index is 0.306. The number of ether oxygens (including phenoxy) is 1. The summed E-state index contributed by atoms with van der Waals surface area (Å²) in [4.78, 5) is 19.3. The fourth-order valence-corrected chi connectivity index (χ4v) is 4.20. The summed E-state index contributed by atoms with van der Waals surface area (Å²) in [5.41, 5.74) is 2.16. The van der Waals surface area contributed by atoms with Gasteiger partial charge in [0.05, 0.1) is 11.0 Å². The summed E-state index contributed by atoms with van der Waals surface area (Å²) in [6.07, 6.45) is 4.09. The smallest absolute Gasteiger partial charge is 0.225 e. The van der Waals surface area contributed by atoms with Crippen LogP contribution in [0, 0.1) is 5.92 Å². The van der Waals surface area contributed by atoms with E-state index in [1.807, 2.05) is 36.4 Å². The van der Waals surface area contributed by atoms with Gasteiger partial charge in [-0.3, -0.25) is 4.79 Å². The van der Waals surface area contributed by atoms with E-state index in [-0.39, 0.29) is 0 Å². The number of hydrogen-bond donors (Lipinski definition) is 0. The van der Waals surface area contributed by atoms with Crippen molar-refractivity contribution in [2.45, 2.75) is 38.3 Å². The van der Waals surface area contributed by atoms with Gasteiger partial charge in [-0.25, -0.2) is 4.98 Å². The zero-order valence-corrected chi connectivity index (χ0v) is 16.0. The molecule has 2 fully saturated rings. The summed E-state index contributed by atoms with van der Waals surface area (Å²) >= 11 is 0. The lowest BCUT2D eigenvalue weighted by atomic mass is 10.0. The van der Waals surface area contributed by atoms with Gasteiger partial charge in [0.1, 0.15) is 18.2 Å². The molecule has 5 rings (SSSR count). The predicted octanol–water partition coefficient (Wildman–Crippen LogP) is 4.19. The molecule has 0 radical (unpaired) electrons. The molecule has 0 N–H and O–H groups in total. The Bertz CT molecular complexity index is 970. The van der Waals surface area contributed by atoms with Crippen molar-refractivity contribution in [1.29, 1.82) is 0 Å². The molecule has 3 aromatic rings. The molecule has 5 nitrogen and oxygen atoms in total. The van der Waals surface area contributed by atoms with E-state index in [1.54, 1.807) is 0 Å². The minimum Gasteiger partial charge on any atom is -0.486 e. The molecule has 2 aromatic carbocycles. The lowest BCUT2D eigenvalue weighted by Crippen LogP contribution is -2.40. The molecule has 28 heavy (non-hydrogen) atoms. The summed E-state index contributed by atoms with van der Waals surface area (Å²) in [7, 11) is 0. The molecule has 1 saturated carbocycles. The zero-order valence-electron chi connectivity index (χ0n) is 16.0. The molecule has 1 aromatic heterocycles. The molecule has 5 heteroatoms. The maximum Gasteiger partial charge on any atom is 0.225 e. The Labute approximate surface area is 164 Å². The van der Waals surface area contributed by atoms with E-state index in [4.69, 9.17) is 9.72 Å². The quantitative estimate of drug-likeness (QED) is 0.672. The highest BCUT2D eigenvalue weighted by atomic mass is 16.5. The van der Waals surface area contributed by atoms with Crippen molar-refractivity contribution >= 4 is 16.9 Å². The summed E-state index contributed by atoms with van der Waals surface area (Å²) in [5, 5.41) is 0. The third-order valence-electron chi connectivity index (χ3n) is 5.85. The fraction of sp³-hybridized carbons (Fsp3) is 0.391. The number of carbonyl (C=O) groups is 1. The van der Waals surface area contributed by atoms with Crippen molar-refractivity contribution in [1.82, 2.24) is 14.5 Å². The van der Waals surface area contributed by atoms with Crippen LogP contribution in [0.4, 0.5) is 0 Å². The molecule has 1 saturated heterocycles. The number of carbonyl (C=O) groups excluding carboxylic acids is 1. The first kappa shape index (κ1) is 17.3. The van der Waals surface area contributed by atoms with Gasteiger partial charge in [0.25, 0.3) is 0 Å². The summed E-state index contributed by atoms with van der Waals surface area (Å²) in [5.74, 6) is 2.48. The van der Waals surface area contributed by atoms with Crippen LogP contribution < -0.4 is 4.74 Å². The zero-order chi connectivity index (χ0) is 18.9. The Hall–Kier alpha value is -2.82. The van der Waals surface area contributed by atoms with E-state index in [2.05, 4.69) is 27.7 Å². The summed E-state index contributed by atoms with van der Waals surface area (Å²) in [6, 6.07) is 18.5. The van der Waals surface area contributed by atoms with E-state index >= 15 is 0 Å². The van der Waals surface area contributed by atoms with Crippen LogP contribution in [0.2, 0.25) is 0 Å². The number of hydrogen-bond acceptors (Lipinski definition) is 3. The molecule has 0 unspecified atom stereocenters. The van der Waals surface area contributed by atoms with Gasteiger partial charge in [0.2, 0.25) is 5.91 Å². The van der Waals surface area contributed by atoms with E-state index in [1.165, 1.54) is 0 Å². The number of piperidine rings is 1. The maximum absolute atomic E-state index is 12.4. The first-order chi connectivity index (χ1) is 13.8. The standard InChI is InChI=1S/C23H25N3O2/c27-23(17-10-11-17)25-14-12-18(13-15-25)26-21-9-5-4-8-20(21)24-22(26)16-28-19-6-2-1-3-7-19/h1-9,17-18H,10-16H2. The molecular formula is C23H25N3O2. The molecule has 1 amide bonds. The molecule has 1 aliphatic heterocycles. The molecule has 0 spiro atoms. The minimum absolute atomic E-state index is 0.306. The molecule has 2 aliphatic rings. The van der Waals surface area contributed by atoms with Crippen molar-refractivity contribution in [2.75, 3.05) is 13.1 Å². The number of aromatic nitrogens is 2. The molecule has 0 atom stereocenters. The van der Waals surface area contributed by atoms with Crippen molar-refractivity contribution in [2.24, 2.45) is 5.92 Å². The molecule has 1 aliphatic carbocycles. The third-order valence-corrected chi connectivity index (χ3v) is 5.85. The normalized spacial score (nSPS) is 17.8. The van der Waals surface area contributed by atoms with Crippen LogP contribution in [-0.2, 0) is 11.4 Å². The van der Waals surface area contributed by atoms with Crippen molar-refractivity contribution in [3.8, 4) is 5.75 Å². The monoisotopic (exact) mass is 375 g/mol. The Morgan fingerprint density at radius 3 is 2.43 bits per heavy atom. The van der Waals surface area contributed by atoms with Crippen LogP contribution in [-0.4, -0.2) is 33.4 Å². The highest BCUT2D eigenvalue weighted by molar-refractivity contribution is 5.81.